The zero-order valence-corrected chi connectivity index (χ0v) is 55.1. The van der Waals surface area contributed by atoms with Crippen LogP contribution >= 0.6 is 0 Å². The number of halogens is 36. The molecule has 4 aromatic carbocycles. The van der Waals surface area contributed by atoms with Crippen LogP contribution in [0, 0.1) is 0 Å². The van der Waals surface area contributed by atoms with Gasteiger partial charge in [0.15, 0.2) is 114 Å². The molecule has 0 unspecified atom stereocenters. The summed E-state index contributed by atoms with van der Waals surface area (Å²) in [5, 5.41) is -6.00. The van der Waals surface area contributed by atoms with Crippen LogP contribution in [0.1, 0.15) is 0 Å². The third-order valence-electron chi connectivity index (χ3n) is 13.0. The number of aromatic nitrogens is 8. The Balaban J connectivity index is 0.00000807. The number of benzene rings is 4. The van der Waals surface area contributed by atoms with Crippen LogP contribution in [0.3, 0.4) is 0 Å². The summed E-state index contributed by atoms with van der Waals surface area (Å²) in [6.07, 6.45) is -71.7. The molecule has 5 heterocycles. The molecule has 0 spiro atoms. The second-order valence-corrected chi connectivity index (χ2v) is 22.1. The van der Waals surface area contributed by atoms with Crippen LogP contribution in [0.4, 0.5) is 158 Å². The first-order valence-corrected chi connectivity index (χ1v) is 29.6. The van der Waals surface area contributed by atoms with Crippen LogP contribution < -0.4 is 66.8 Å². The van der Waals surface area contributed by atoms with E-state index in [2.05, 4.69) is 77.8 Å². The van der Waals surface area contributed by atoms with Gasteiger partial charge in [0.1, 0.15) is 0 Å². The fraction of sp³-hybridized carbons (Fsp3) is 0.429. The van der Waals surface area contributed by atoms with E-state index in [4.69, 9.17) is 22.6 Å². The van der Waals surface area contributed by atoms with E-state index in [1.54, 1.807) is 0 Å². The summed E-state index contributed by atoms with van der Waals surface area (Å²) < 4.78 is 583. The molecule has 7 aromatic rings. The van der Waals surface area contributed by atoms with Crippen LogP contribution in [0.5, 0.6) is 69.0 Å². The summed E-state index contributed by atoms with van der Waals surface area (Å²) in [5.41, 5.74) is -15.0. The molecule has 0 atom stereocenters. The molecule has 114 heavy (non-hydrogen) atoms. The SMILES string of the molecule is FC(F)(F)COc1c(OCC(F)(F)F)c(OCC(F)(F)F)c2c(c1OCC(F)(F)F)-c1nc-2nc2[n-]c(nc3nc(nc4[n-]c(n1)c1ccccc41)-c1c(OCC(F)(F)F)c(OCC(F)(F)F)c(OCC(F)(F)F)c(OCC(F)(F)F)c1-3)c1c(OCC(F)(F)F)c(OCC(F)(F)F)c(OCC(F)(F)F)c(OCC(F)(F)F)c21.[O]=[V+2]. The maximum absolute atomic E-state index is 14.6. The maximum atomic E-state index is 14.6. The Bertz CT molecular complexity index is 4560. The molecule has 9 rings (SSSR count). The third kappa shape index (κ3) is 23.7. The van der Waals surface area contributed by atoms with E-state index in [0.29, 0.717) is 0 Å². The van der Waals surface area contributed by atoms with Crippen molar-refractivity contribution in [1.82, 2.24) is 39.9 Å². The van der Waals surface area contributed by atoms with Crippen molar-refractivity contribution in [3.8, 4) is 115 Å². The van der Waals surface area contributed by atoms with Gasteiger partial charge in [0.2, 0.25) is 34.5 Å². The number of alkyl halides is 36. The van der Waals surface area contributed by atoms with Crippen LogP contribution in [-0.2, 0) is 21.0 Å². The summed E-state index contributed by atoms with van der Waals surface area (Å²) in [6, 6.07) is 3.36. The topological polar surface area (TPSA) is 233 Å². The Morgan fingerprint density at radius 3 is 0.553 bits per heavy atom. The van der Waals surface area contributed by atoms with Gasteiger partial charge < -0.3 is 86.7 Å². The Kier molecular flexibility index (Phi) is 25.2. The van der Waals surface area contributed by atoms with Crippen LogP contribution in [0.25, 0.3) is 89.7 Å². The van der Waals surface area contributed by atoms with E-state index < -0.39 is 312 Å². The molecular formula is C56H28F36N8O13V. The van der Waals surface area contributed by atoms with Crippen LogP contribution in [0.15, 0.2) is 24.3 Å². The molecule has 3 aromatic heterocycles. The Labute approximate surface area is 611 Å². The van der Waals surface area contributed by atoms with Gasteiger partial charge in [0, 0.05) is 33.4 Å². The number of fused-ring (bicyclic) bond motifs is 20. The van der Waals surface area contributed by atoms with Gasteiger partial charge >= 0.3 is 95.2 Å². The van der Waals surface area contributed by atoms with E-state index in [1.807, 2.05) is 0 Å². The first-order chi connectivity index (χ1) is 52.0. The van der Waals surface area contributed by atoms with Crippen molar-refractivity contribution >= 4 is 44.1 Å². The van der Waals surface area contributed by atoms with Gasteiger partial charge in [-0.1, -0.05) is 24.3 Å². The number of hydrogen-bond acceptors (Lipinski definition) is 19. The molecule has 21 nitrogen and oxygen atoms in total. The van der Waals surface area contributed by atoms with Gasteiger partial charge in [-0.05, 0) is 10.8 Å². The van der Waals surface area contributed by atoms with Crippen molar-refractivity contribution in [3.63, 3.8) is 0 Å². The minimum absolute atomic E-state index is 0.758. The summed E-state index contributed by atoms with van der Waals surface area (Å²) in [4.78, 5) is 30.1. The standard InChI is InChI=1S/C56H28F36N8O12.O.V/c57-45(58,59)5-101-25-19-21(27(103-7-47(63,64)65)33(109-13-53(81,82)83)31(25)107-11-51(75,76)77)41-96-39(19)94-37-17-3-1-2-4-18(17)38(93-37)95-40-20-22(28(104-8-48(66,67)68)34(110-14-54(84,85)86)32(108-12-52(78,79)80)26(20)102-6-46(60,61)62)42(97-40)99-44-24-23(43(98-41)100-44)29(105-9-49(69,70)71)35(111-15-55(87,88)89)36(112-16-56(90,91)92)30(24)106-10-50(72,73)74;;/h1-4H,5-16H2;;/q-2;;+2. The molecule has 0 saturated carbocycles. The van der Waals surface area contributed by atoms with Gasteiger partial charge in [-0.25, -0.2) is 9.97 Å². The van der Waals surface area contributed by atoms with Crippen molar-refractivity contribution < 1.29 is 236 Å². The quantitative estimate of drug-likeness (QED) is 0.0511. The molecule has 58 heteroatoms. The fourth-order valence-corrected chi connectivity index (χ4v) is 9.51. The number of ether oxygens (including phenoxy) is 12. The first kappa shape index (κ1) is 89.3. The van der Waals surface area contributed by atoms with E-state index in [9.17, 15) is 158 Å². The van der Waals surface area contributed by atoms with Crippen molar-refractivity contribution in [1.29, 1.82) is 0 Å². The van der Waals surface area contributed by atoms with Crippen molar-refractivity contribution in [2.75, 3.05) is 79.3 Å². The second kappa shape index (κ2) is 32.2. The van der Waals surface area contributed by atoms with E-state index >= 15 is 0 Å². The molecule has 0 radical (unpaired) electrons. The average molecular weight is 1760 g/mol. The van der Waals surface area contributed by atoms with E-state index in [1.165, 1.54) is 0 Å². The molecule has 8 bridgehead atoms. The van der Waals surface area contributed by atoms with Gasteiger partial charge in [0.05, 0.1) is 45.6 Å². The van der Waals surface area contributed by atoms with Gasteiger partial charge in [0.25, 0.3) is 0 Å². The zero-order valence-electron chi connectivity index (χ0n) is 53.7. The molecule has 0 aliphatic carbocycles. The normalized spacial score (nSPS) is 13.4. The van der Waals surface area contributed by atoms with Gasteiger partial charge in [-0.15, -0.1) is 0 Å². The predicted molar refractivity (Wildman–Crippen MR) is 293 cm³/mol. The molecule has 0 amide bonds. The summed E-state index contributed by atoms with van der Waals surface area (Å²) >= 11 is 1.06. The Hall–Kier alpha value is -10.3. The fourth-order valence-electron chi connectivity index (χ4n) is 9.51. The second-order valence-electron chi connectivity index (χ2n) is 22.1. The molecule has 0 saturated heterocycles. The molecule has 0 N–H and O–H groups in total. The van der Waals surface area contributed by atoms with Gasteiger partial charge in [-0.2, -0.15) is 158 Å². The Morgan fingerprint density at radius 2 is 0.368 bits per heavy atom. The number of nitrogens with zero attached hydrogens (tertiary/aromatic N) is 8. The average Bonchev–Trinajstić information content (AvgIpc) is 1.56. The van der Waals surface area contributed by atoms with Crippen LogP contribution in [0.2, 0.25) is 0 Å². The minimum atomic E-state index is -6.08. The number of hydrogen-bond donors (Lipinski definition) is 0. The summed E-state index contributed by atoms with van der Waals surface area (Å²) in [7, 11) is 0. The Morgan fingerprint density at radius 1 is 0.219 bits per heavy atom. The number of rotatable bonds is 24. The van der Waals surface area contributed by atoms with E-state index in [-0.39, 0.29) is 0 Å². The summed E-state index contributed by atoms with van der Waals surface area (Å²) in [5.74, 6) is -36.9. The molecular weight excluding hydrogens is 1730 g/mol. The molecule has 2 aliphatic rings. The zero-order chi connectivity index (χ0) is 85.6. The molecule has 0 fully saturated rings. The van der Waals surface area contributed by atoms with Crippen molar-refractivity contribution in [3.05, 3.63) is 24.3 Å². The third-order valence-corrected chi connectivity index (χ3v) is 13.0. The van der Waals surface area contributed by atoms with Gasteiger partial charge in [-0.3, -0.25) is 0 Å². The van der Waals surface area contributed by atoms with Crippen LogP contribution in [-0.4, -0.2) is 183 Å². The van der Waals surface area contributed by atoms with Crippen molar-refractivity contribution in [2.24, 2.45) is 0 Å². The summed E-state index contributed by atoms with van der Waals surface area (Å²) in [6.45, 7) is -36.9. The van der Waals surface area contributed by atoms with E-state index in [0.717, 1.165) is 41.6 Å². The first-order valence-electron chi connectivity index (χ1n) is 29.0. The monoisotopic (exact) mass is 1760 g/mol. The molecule has 627 valence electrons. The predicted octanol–water partition coefficient (Wildman–Crippen LogP) is 17.3. The molecule has 2 aliphatic heterocycles. The van der Waals surface area contributed by atoms with Crippen molar-refractivity contribution in [2.45, 2.75) is 74.1 Å².